The molecule has 0 aliphatic heterocycles. The highest BCUT2D eigenvalue weighted by atomic mass is 16.5. The third kappa shape index (κ3) is 4.49. The van der Waals surface area contributed by atoms with Crippen molar-refractivity contribution in [1.29, 1.82) is 0 Å². The van der Waals surface area contributed by atoms with Crippen molar-refractivity contribution in [3.63, 3.8) is 0 Å². The van der Waals surface area contributed by atoms with Crippen LogP contribution in [0, 0.1) is 13.8 Å². The fraction of sp³-hybridized carbons (Fsp3) is 0.316. The third-order valence-corrected chi connectivity index (χ3v) is 3.44. The van der Waals surface area contributed by atoms with E-state index in [4.69, 9.17) is 9.47 Å². The molecule has 2 aromatic carbocycles. The average Bonchev–Trinajstić information content (AvgIpc) is 2.52. The van der Waals surface area contributed by atoms with Gasteiger partial charge in [-0.15, -0.1) is 0 Å². The second-order valence-corrected chi connectivity index (χ2v) is 5.45. The molecule has 0 atom stereocenters. The summed E-state index contributed by atoms with van der Waals surface area (Å²) in [6.45, 7) is 6.93. The number of aryl methyl sites for hydroxylation is 2. The minimum absolute atomic E-state index is 0.124. The van der Waals surface area contributed by atoms with Crippen molar-refractivity contribution in [3.05, 3.63) is 58.7 Å². The van der Waals surface area contributed by atoms with Crippen molar-refractivity contribution >= 4 is 5.91 Å². The normalized spacial score (nSPS) is 10.3. The largest absolute Gasteiger partial charge is 0.493 e. The highest BCUT2D eigenvalue weighted by molar-refractivity contribution is 5.94. The number of rotatable bonds is 6. The van der Waals surface area contributed by atoms with Gasteiger partial charge in [-0.2, -0.15) is 0 Å². The summed E-state index contributed by atoms with van der Waals surface area (Å²) in [4.78, 5) is 11.8. The molecule has 0 unspecified atom stereocenters. The summed E-state index contributed by atoms with van der Waals surface area (Å²) in [7, 11) is 1.62. The Labute approximate surface area is 137 Å². The summed E-state index contributed by atoms with van der Waals surface area (Å²) in [5.41, 5.74) is 3.76. The van der Waals surface area contributed by atoms with E-state index in [1.807, 2.05) is 45.0 Å². The van der Waals surface area contributed by atoms with Gasteiger partial charge in [0.1, 0.15) is 18.1 Å². The van der Waals surface area contributed by atoms with E-state index in [-0.39, 0.29) is 5.91 Å². The van der Waals surface area contributed by atoms with E-state index < -0.39 is 0 Å². The molecule has 122 valence electrons. The smallest absolute Gasteiger partial charge is 0.251 e. The van der Waals surface area contributed by atoms with Crippen LogP contribution in [0.5, 0.6) is 11.5 Å². The van der Waals surface area contributed by atoms with Crippen molar-refractivity contribution < 1.29 is 14.3 Å². The first kappa shape index (κ1) is 16.9. The molecule has 2 aromatic rings. The molecular formula is C19H23NO3. The number of carbonyl (C=O) groups is 1. The SMILES string of the molecule is CCOc1ccc(C(=O)NC)cc1COc1cc(C)cc(C)c1. The Hall–Kier alpha value is -2.49. The van der Waals surface area contributed by atoms with Crippen molar-refractivity contribution in [2.24, 2.45) is 0 Å². The van der Waals surface area contributed by atoms with Crippen molar-refractivity contribution in [1.82, 2.24) is 5.32 Å². The molecule has 4 nitrogen and oxygen atoms in total. The van der Waals surface area contributed by atoms with E-state index in [0.717, 1.165) is 28.2 Å². The Balaban J connectivity index is 2.23. The highest BCUT2D eigenvalue weighted by Gasteiger charge is 2.10. The zero-order valence-electron chi connectivity index (χ0n) is 14.1. The molecule has 0 heterocycles. The van der Waals surface area contributed by atoms with Gasteiger partial charge in [0.25, 0.3) is 5.91 Å². The molecule has 0 spiro atoms. The fourth-order valence-electron chi connectivity index (χ4n) is 2.45. The molecule has 1 amide bonds. The summed E-state index contributed by atoms with van der Waals surface area (Å²) in [5.74, 6) is 1.43. The minimum Gasteiger partial charge on any atom is -0.493 e. The van der Waals surface area contributed by atoms with Gasteiger partial charge in [-0.25, -0.2) is 0 Å². The topological polar surface area (TPSA) is 47.6 Å². The minimum atomic E-state index is -0.124. The van der Waals surface area contributed by atoms with E-state index >= 15 is 0 Å². The molecule has 0 saturated carbocycles. The molecule has 1 N–H and O–H groups in total. The number of carbonyl (C=O) groups excluding carboxylic acids is 1. The van der Waals surface area contributed by atoms with E-state index in [0.29, 0.717) is 18.8 Å². The lowest BCUT2D eigenvalue weighted by Crippen LogP contribution is -2.18. The van der Waals surface area contributed by atoms with Gasteiger partial charge in [0, 0.05) is 18.2 Å². The number of ether oxygens (including phenoxy) is 2. The van der Waals surface area contributed by atoms with Crippen LogP contribution in [-0.2, 0) is 6.61 Å². The Morgan fingerprint density at radius 3 is 2.35 bits per heavy atom. The second kappa shape index (κ2) is 7.68. The molecular weight excluding hydrogens is 290 g/mol. The van der Waals surface area contributed by atoms with Crippen LogP contribution >= 0.6 is 0 Å². The zero-order chi connectivity index (χ0) is 16.8. The summed E-state index contributed by atoms with van der Waals surface area (Å²) < 4.78 is 11.5. The first-order chi connectivity index (χ1) is 11.0. The van der Waals surface area contributed by atoms with Crippen molar-refractivity contribution in [2.45, 2.75) is 27.4 Å². The van der Waals surface area contributed by atoms with Crippen molar-refractivity contribution in [3.8, 4) is 11.5 Å². The number of amides is 1. The predicted molar refractivity (Wildman–Crippen MR) is 91.2 cm³/mol. The molecule has 0 bridgehead atoms. The van der Waals surface area contributed by atoms with Crippen LogP contribution in [-0.4, -0.2) is 19.6 Å². The number of hydrogen-bond donors (Lipinski definition) is 1. The maximum absolute atomic E-state index is 11.8. The Bertz CT molecular complexity index is 675. The van der Waals surface area contributed by atoms with Crippen LogP contribution in [0.25, 0.3) is 0 Å². The molecule has 0 aliphatic rings. The van der Waals surface area contributed by atoms with Crippen LogP contribution in [0.15, 0.2) is 36.4 Å². The average molecular weight is 313 g/mol. The molecule has 0 radical (unpaired) electrons. The quantitative estimate of drug-likeness (QED) is 0.885. The first-order valence-electron chi connectivity index (χ1n) is 7.72. The molecule has 0 aromatic heterocycles. The molecule has 0 aliphatic carbocycles. The summed E-state index contributed by atoms with van der Waals surface area (Å²) >= 11 is 0. The van der Waals surface area contributed by atoms with E-state index in [1.54, 1.807) is 13.1 Å². The van der Waals surface area contributed by atoms with Crippen LogP contribution in [0.3, 0.4) is 0 Å². The zero-order valence-corrected chi connectivity index (χ0v) is 14.1. The van der Waals surface area contributed by atoms with Crippen LogP contribution in [0.1, 0.15) is 34.0 Å². The highest BCUT2D eigenvalue weighted by Crippen LogP contribution is 2.24. The van der Waals surface area contributed by atoms with E-state index in [1.165, 1.54) is 0 Å². The van der Waals surface area contributed by atoms with Gasteiger partial charge in [0.05, 0.1) is 6.61 Å². The maximum atomic E-state index is 11.8. The van der Waals surface area contributed by atoms with E-state index in [2.05, 4.69) is 11.4 Å². The summed E-state index contributed by atoms with van der Waals surface area (Å²) in [5, 5.41) is 2.63. The number of hydrogen-bond acceptors (Lipinski definition) is 3. The van der Waals surface area contributed by atoms with Gasteiger partial charge >= 0.3 is 0 Å². The fourth-order valence-corrected chi connectivity index (χ4v) is 2.45. The standard InChI is InChI=1S/C19H23NO3/c1-5-22-18-7-6-15(19(21)20-4)11-16(18)12-23-17-9-13(2)8-14(3)10-17/h6-11H,5,12H2,1-4H3,(H,20,21). The summed E-state index contributed by atoms with van der Waals surface area (Å²) in [6, 6.07) is 11.5. The van der Waals surface area contributed by atoms with Gasteiger partial charge in [-0.3, -0.25) is 4.79 Å². The number of nitrogens with one attached hydrogen (secondary N) is 1. The monoisotopic (exact) mass is 313 g/mol. The van der Waals surface area contributed by atoms with Gasteiger partial charge in [0.15, 0.2) is 0 Å². The van der Waals surface area contributed by atoms with Crippen LogP contribution in [0.2, 0.25) is 0 Å². The number of benzene rings is 2. The van der Waals surface area contributed by atoms with Crippen molar-refractivity contribution in [2.75, 3.05) is 13.7 Å². The van der Waals surface area contributed by atoms with Gasteiger partial charge in [-0.05, 0) is 62.2 Å². The molecule has 0 saturated heterocycles. The Kier molecular flexibility index (Phi) is 5.63. The predicted octanol–water partition coefficient (Wildman–Crippen LogP) is 3.64. The summed E-state index contributed by atoms with van der Waals surface area (Å²) in [6.07, 6.45) is 0. The Morgan fingerprint density at radius 2 is 1.74 bits per heavy atom. The van der Waals surface area contributed by atoms with Crippen LogP contribution in [0.4, 0.5) is 0 Å². The van der Waals surface area contributed by atoms with Gasteiger partial charge in [-0.1, -0.05) is 6.07 Å². The lowest BCUT2D eigenvalue weighted by atomic mass is 10.1. The molecule has 2 rings (SSSR count). The maximum Gasteiger partial charge on any atom is 0.251 e. The molecule has 23 heavy (non-hydrogen) atoms. The van der Waals surface area contributed by atoms with Gasteiger partial charge in [0.2, 0.25) is 0 Å². The first-order valence-corrected chi connectivity index (χ1v) is 7.72. The third-order valence-electron chi connectivity index (χ3n) is 3.44. The molecule has 4 heteroatoms. The van der Waals surface area contributed by atoms with Gasteiger partial charge < -0.3 is 14.8 Å². The lowest BCUT2D eigenvalue weighted by molar-refractivity contribution is 0.0963. The Morgan fingerprint density at radius 1 is 1.04 bits per heavy atom. The lowest BCUT2D eigenvalue weighted by Gasteiger charge is -2.13. The molecule has 0 fully saturated rings. The second-order valence-electron chi connectivity index (χ2n) is 5.45. The van der Waals surface area contributed by atoms with Crippen LogP contribution < -0.4 is 14.8 Å². The van der Waals surface area contributed by atoms with E-state index in [9.17, 15) is 4.79 Å².